The first-order valence-corrected chi connectivity index (χ1v) is 8.85. The van der Waals surface area contributed by atoms with Crippen LogP contribution < -0.4 is 25.3 Å². The number of ether oxygens (including phenoxy) is 2. The Bertz CT molecular complexity index is 1020. The van der Waals surface area contributed by atoms with Crippen molar-refractivity contribution in [2.75, 3.05) is 13.2 Å². The maximum absolute atomic E-state index is 12.9. The topological polar surface area (TPSA) is 102 Å². The van der Waals surface area contributed by atoms with Crippen molar-refractivity contribution in [3.63, 3.8) is 0 Å². The van der Waals surface area contributed by atoms with Crippen molar-refractivity contribution < 1.29 is 19.4 Å². The van der Waals surface area contributed by atoms with E-state index in [1.165, 1.54) is 0 Å². The first kappa shape index (κ1) is 17.6. The number of para-hydroxylation sites is 3. The molecule has 8 nitrogen and oxygen atoms in total. The Morgan fingerprint density at radius 2 is 2.07 bits per heavy atom. The van der Waals surface area contributed by atoms with Gasteiger partial charge in [-0.1, -0.05) is 18.2 Å². The second kappa shape index (κ2) is 7.83. The summed E-state index contributed by atoms with van der Waals surface area (Å²) in [5.74, 6) is 1.46. The predicted molar refractivity (Wildman–Crippen MR) is 104 cm³/mol. The van der Waals surface area contributed by atoms with Crippen molar-refractivity contribution in [1.82, 2.24) is 20.7 Å². The lowest BCUT2D eigenvalue weighted by Crippen LogP contribution is -2.75. The smallest absolute Gasteiger partial charge is 0.259 e. The number of H-pyrrole nitrogens is 1. The second-order valence-corrected chi connectivity index (χ2v) is 6.15. The molecule has 4 N–H and O–H groups in total. The molecule has 3 aromatic rings. The SMILES string of the molecule is C=[NH+]N/C=C(\Cc1nc2ccccc2[nH]1)NC(=O)c1cccc2c1OCCO2. The van der Waals surface area contributed by atoms with E-state index in [1.54, 1.807) is 24.4 Å². The van der Waals surface area contributed by atoms with Crippen LogP contribution in [0.25, 0.3) is 11.0 Å². The van der Waals surface area contributed by atoms with E-state index < -0.39 is 0 Å². The van der Waals surface area contributed by atoms with Gasteiger partial charge >= 0.3 is 0 Å². The number of imidazole rings is 1. The van der Waals surface area contributed by atoms with Crippen LogP contribution in [-0.4, -0.2) is 35.8 Å². The molecule has 28 heavy (non-hydrogen) atoms. The Morgan fingerprint density at radius 1 is 1.21 bits per heavy atom. The molecule has 0 saturated heterocycles. The molecule has 4 rings (SSSR count). The first-order chi connectivity index (χ1) is 13.7. The van der Waals surface area contributed by atoms with Crippen molar-refractivity contribution in [2.24, 2.45) is 0 Å². The molecule has 1 amide bonds. The fourth-order valence-corrected chi connectivity index (χ4v) is 3.00. The molecular weight excluding hydrogens is 358 g/mol. The van der Waals surface area contributed by atoms with Crippen LogP contribution in [0.3, 0.4) is 0 Å². The van der Waals surface area contributed by atoms with Gasteiger partial charge in [0.2, 0.25) is 0 Å². The van der Waals surface area contributed by atoms with Crippen LogP contribution in [0.1, 0.15) is 16.2 Å². The summed E-state index contributed by atoms with van der Waals surface area (Å²) in [6, 6.07) is 13.0. The highest BCUT2D eigenvalue weighted by Gasteiger charge is 2.21. The molecule has 0 atom stereocenters. The standard InChI is InChI=1S/C20H19N5O3/c1-21-22-12-13(11-18-24-15-6-2-3-7-16(15)25-18)23-20(26)14-5-4-8-17-19(14)28-10-9-27-17/h2-8,12,22H,1,9-11H2,(H,23,26)(H,24,25)/p+1/b13-12+. The minimum Gasteiger partial charge on any atom is -0.486 e. The van der Waals surface area contributed by atoms with Crippen molar-refractivity contribution in [1.29, 1.82) is 0 Å². The number of fused-ring (bicyclic) bond motifs is 2. The number of hydrogen-bond acceptors (Lipinski definition) is 5. The summed E-state index contributed by atoms with van der Waals surface area (Å²) in [5, 5.41) is 5.48. The predicted octanol–water partition coefficient (Wildman–Crippen LogP) is 0.434. The van der Waals surface area contributed by atoms with Crippen molar-refractivity contribution >= 4 is 23.7 Å². The van der Waals surface area contributed by atoms with Gasteiger partial charge in [-0.25, -0.2) is 4.98 Å². The molecule has 0 spiro atoms. The number of benzene rings is 2. The number of carbonyl (C=O) groups excluding carboxylic acids is 1. The molecule has 0 saturated carbocycles. The van der Waals surface area contributed by atoms with E-state index in [0.717, 1.165) is 16.9 Å². The summed E-state index contributed by atoms with van der Waals surface area (Å²) < 4.78 is 11.2. The zero-order chi connectivity index (χ0) is 19.3. The van der Waals surface area contributed by atoms with E-state index in [2.05, 4.69) is 32.5 Å². The van der Waals surface area contributed by atoms with Gasteiger partial charge in [-0.2, -0.15) is 5.43 Å². The van der Waals surface area contributed by atoms with Crippen molar-refractivity contribution in [3.8, 4) is 11.5 Å². The van der Waals surface area contributed by atoms with Crippen LogP contribution in [0, 0.1) is 0 Å². The Labute approximate surface area is 161 Å². The molecule has 1 aromatic heterocycles. The van der Waals surface area contributed by atoms with Gasteiger partial charge in [0.25, 0.3) is 5.91 Å². The van der Waals surface area contributed by atoms with Crippen LogP contribution in [-0.2, 0) is 6.42 Å². The fraction of sp³-hybridized carbons (Fsp3) is 0.150. The van der Waals surface area contributed by atoms with Crippen LogP contribution in [0.2, 0.25) is 0 Å². The first-order valence-electron chi connectivity index (χ1n) is 8.85. The third-order valence-corrected chi connectivity index (χ3v) is 4.23. The number of amides is 1. The molecule has 0 fully saturated rings. The molecule has 1 aliphatic rings. The molecule has 8 heteroatoms. The largest absolute Gasteiger partial charge is 0.486 e. The number of nitrogens with zero attached hydrogens (tertiary/aromatic N) is 1. The summed E-state index contributed by atoms with van der Waals surface area (Å²) in [5.41, 5.74) is 5.61. The van der Waals surface area contributed by atoms with Crippen LogP contribution in [0.5, 0.6) is 11.5 Å². The van der Waals surface area contributed by atoms with Gasteiger partial charge in [-0.15, -0.1) is 5.10 Å². The van der Waals surface area contributed by atoms with Crippen LogP contribution in [0.15, 0.2) is 54.4 Å². The number of nitrogens with one attached hydrogen (secondary N) is 4. The van der Waals surface area contributed by atoms with Gasteiger partial charge in [0, 0.05) is 12.1 Å². The number of aromatic amines is 1. The highest BCUT2D eigenvalue weighted by molar-refractivity contribution is 5.98. The van der Waals surface area contributed by atoms with Gasteiger partial charge in [0.15, 0.2) is 18.2 Å². The monoisotopic (exact) mass is 378 g/mol. The number of hydrazone groups is 1. The number of hydrazine groups is 1. The number of hydrogen-bond donors (Lipinski definition) is 4. The van der Waals surface area contributed by atoms with Crippen molar-refractivity contribution in [3.05, 3.63) is 65.7 Å². The third-order valence-electron chi connectivity index (χ3n) is 4.23. The number of allylic oxidation sites excluding steroid dienone is 1. The van der Waals surface area contributed by atoms with E-state index >= 15 is 0 Å². The maximum atomic E-state index is 12.9. The number of rotatable bonds is 6. The number of carbonyl (C=O) groups is 1. The highest BCUT2D eigenvalue weighted by Crippen LogP contribution is 2.33. The lowest BCUT2D eigenvalue weighted by atomic mass is 10.1. The Kier molecular flexibility index (Phi) is 4.92. The van der Waals surface area contributed by atoms with Gasteiger partial charge in [0.1, 0.15) is 19.0 Å². The van der Waals surface area contributed by atoms with Gasteiger partial charge < -0.3 is 19.8 Å². The molecule has 0 aliphatic carbocycles. The van der Waals surface area contributed by atoms with E-state index in [-0.39, 0.29) is 5.91 Å². The zero-order valence-corrected chi connectivity index (χ0v) is 15.1. The fourth-order valence-electron chi connectivity index (χ4n) is 3.00. The Hall–Kier alpha value is -3.81. The Morgan fingerprint density at radius 3 is 2.93 bits per heavy atom. The lowest BCUT2D eigenvalue weighted by Gasteiger charge is -2.20. The van der Waals surface area contributed by atoms with Crippen molar-refractivity contribution in [2.45, 2.75) is 6.42 Å². The summed E-state index contributed by atoms with van der Waals surface area (Å²) in [6.45, 7) is 4.39. The van der Waals surface area contributed by atoms with Gasteiger partial charge in [0.05, 0.1) is 22.8 Å². The van der Waals surface area contributed by atoms with Gasteiger partial charge in [-0.3, -0.25) is 4.79 Å². The maximum Gasteiger partial charge on any atom is 0.259 e. The second-order valence-electron chi connectivity index (χ2n) is 6.15. The number of aromatic nitrogens is 2. The van der Waals surface area contributed by atoms with E-state index in [9.17, 15) is 4.79 Å². The van der Waals surface area contributed by atoms with Crippen LogP contribution in [0.4, 0.5) is 0 Å². The quantitative estimate of drug-likeness (QED) is 0.368. The van der Waals surface area contributed by atoms with E-state index in [1.807, 2.05) is 24.3 Å². The molecule has 2 aromatic carbocycles. The molecule has 2 heterocycles. The molecular formula is C20H20N5O3+. The highest BCUT2D eigenvalue weighted by atomic mass is 16.6. The molecule has 0 unspecified atom stereocenters. The average molecular weight is 378 g/mol. The molecule has 1 aliphatic heterocycles. The zero-order valence-electron chi connectivity index (χ0n) is 15.1. The third kappa shape index (κ3) is 3.66. The summed E-state index contributed by atoms with van der Waals surface area (Å²) >= 11 is 0. The minimum absolute atomic E-state index is 0.296. The average Bonchev–Trinajstić information content (AvgIpc) is 3.13. The summed E-state index contributed by atoms with van der Waals surface area (Å²) in [4.78, 5) is 20.7. The normalized spacial score (nSPS) is 13.2. The molecule has 142 valence electrons. The lowest BCUT2D eigenvalue weighted by molar-refractivity contribution is -0.504. The molecule has 0 bridgehead atoms. The van der Waals surface area contributed by atoms with Gasteiger partial charge in [-0.05, 0) is 24.3 Å². The summed E-state index contributed by atoms with van der Waals surface area (Å²) in [7, 11) is 0. The van der Waals surface area contributed by atoms with E-state index in [0.29, 0.717) is 42.4 Å². The minimum atomic E-state index is -0.296. The summed E-state index contributed by atoms with van der Waals surface area (Å²) in [6.07, 6.45) is 2.02. The Balaban J connectivity index is 1.57. The van der Waals surface area contributed by atoms with Crippen LogP contribution >= 0.6 is 0 Å². The van der Waals surface area contributed by atoms with E-state index in [4.69, 9.17) is 9.47 Å². The molecule has 0 radical (unpaired) electrons.